The van der Waals surface area contributed by atoms with Crippen molar-refractivity contribution in [3.8, 4) is 0 Å². The highest BCUT2D eigenvalue weighted by Gasteiger charge is 2.28. The highest BCUT2D eigenvalue weighted by molar-refractivity contribution is 5.92. The summed E-state index contributed by atoms with van der Waals surface area (Å²) in [5.41, 5.74) is 5.39. The summed E-state index contributed by atoms with van der Waals surface area (Å²) in [5.74, 6) is -0.962. The van der Waals surface area contributed by atoms with Crippen molar-refractivity contribution in [1.82, 2.24) is 4.90 Å². The van der Waals surface area contributed by atoms with Crippen molar-refractivity contribution in [2.45, 2.75) is 12.8 Å². The van der Waals surface area contributed by atoms with Crippen LogP contribution in [0.2, 0.25) is 0 Å². The van der Waals surface area contributed by atoms with Crippen LogP contribution >= 0.6 is 0 Å². The molecule has 1 saturated heterocycles. The van der Waals surface area contributed by atoms with Crippen molar-refractivity contribution < 1.29 is 19.1 Å². The summed E-state index contributed by atoms with van der Waals surface area (Å²) in [7, 11) is 0. The molecule has 0 saturated carbocycles. The molecule has 0 spiro atoms. The third-order valence-electron chi connectivity index (χ3n) is 2.97. The third-order valence-corrected chi connectivity index (χ3v) is 2.97. The van der Waals surface area contributed by atoms with Crippen LogP contribution in [0.4, 0.5) is 5.88 Å². The van der Waals surface area contributed by atoms with Crippen molar-refractivity contribution >= 4 is 17.8 Å². The van der Waals surface area contributed by atoms with E-state index in [1.807, 2.05) is 0 Å². The fraction of sp³-hybridized carbons (Fsp3) is 0.455. The Labute approximate surface area is 98.0 Å². The van der Waals surface area contributed by atoms with Crippen molar-refractivity contribution in [2.75, 3.05) is 18.8 Å². The summed E-state index contributed by atoms with van der Waals surface area (Å²) in [6, 6.07) is 3.05. The molecule has 0 aromatic carbocycles. The van der Waals surface area contributed by atoms with Crippen LogP contribution in [0.1, 0.15) is 23.4 Å². The zero-order valence-electron chi connectivity index (χ0n) is 9.26. The fourth-order valence-corrected chi connectivity index (χ4v) is 1.95. The fourth-order valence-electron chi connectivity index (χ4n) is 1.95. The first-order valence-electron chi connectivity index (χ1n) is 5.45. The Hall–Kier alpha value is -1.98. The van der Waals surface area contributed by atoms with Gasteiger partial charge in [-0.2, -0.15) is 0 Å². The topological polar surface area (TPSA) is 96.8 Å². The van der Waals surface area contributed by atoms with E-state index in [1.54, 1.807) is 4.90 Å². The minimum absolute atomic E-state index is 0.203. The lowest BCUT2D eigenvalue weighted by atomic mass is 9.97. The molecule has 0 bridgehead atoms. The molecule has 0 aliphatic carbocycles. The molecule has 1 amide bonds. The van der Waals surface area contributed by atoms with Crippen molar-refractivity contribution in [3.63, 3.8) is 0 Å². The van der Waals surface area contributed by atoms with Gasteiger partial charge >= 0.3 is 5.97 Å². The van der Waals surface area contributed by atoms with Gasteiger partial charge in [-0.25, -0.2) is 0 Å². The summed E-state index contributed by atoms with van der Waals surface area (Å²) in [4.78, 5) is 24.3. The van der Waals surface area contributed by atoms with E-state index in [2.05, 4.69) is 0 Å². The van der Waals surface area contributed by atoms with E-state index in [9.17, 15) is 9.59 Å². The molecule has 1 fully saturated rings. The number of hydrogen-bond donors (Lipinski definition) is 2. The van der Waals surface area contributed by atoms with Crippen LogP contribution in [-0.4, -0.2) is 35.0 Å². The number of carboxylic acid groups (broad SMARTS) is 1. The van der Waals surface area contributed by atoms with Crippen LogP contribution in [0.5, 0.6) is 0 Å². The largest absolute Gasteiger partial charge is 0.481 e. The van der Waals surface area contributed by atoms with Crippen LogP contribution in [-0.2, 0) is 4.79 Å². The van der Waals surface area contributed by atoms with Crippen molar-refractivity contribution in [1.29, 1.82) is 0 Å². The van der Waals surface area contributed by atoms with Crippen LogP contribution < -0.4 is 5.73 Å². The highest BCUT2D eigenvalue weighted by Crippen LogP contribution is 2.20. The van der Waals surface area contributed by atoms with Gasteiger partial charge in [-0.1, -0.05) is 0 Å². The quantitative estimate of drug-likeness (QED) is 0.794. The number of carboxylic acids is 1. The van der Waals surface area contributed by atoms with E-state index in [4.69, 9.17) is 15.3 Å². The van der Waals surface area contributed by atoms with Gasteiger partial charge in [-0.3, -0.25) is 9.59 Å². The molecule has 0 atom stereocenters. The Morgan fingerprint density at radius 3 is 2.47 bits per heavy atom. The summed E-state index contributed by atoms with van der Waals surface area (Å²) < 4.78 is 5.04. The van der Waals surface area contributed by atoms with Crippen LogP contribution in [0.15, 0.2) is 16.5 Å². The monoisotopic (exact) mass is 238 g/mol. The lowest BCUT2D eigenvalue weighted by Crippen LogP contribution is -2.40. The summed E-state index contributed by atoms with van der Waals surface area (Å²) in [6.45, 7) is 0.882. The van der Waals surface area contributed by atoms with Gasteiger partial charge in [0.25, 0.3) is 5.91 Å². The van der Waals surface area contributed by atoms with E-state index in [1.165, 1.54) is 12.1 Å². The molecule has 2 rings (SSSR count). The van der Waals surface area contributed by atoms with E-state index < -0.39 is 5.97 Å². The van der Waals surface area contributed by atoms with E-state index >= 15 is 0 Å². The summed E-state index contributed by atoms with van der Waals surface area (Å²) >= 11 is 0. The summed E-state index contributed by atoms with van der Waals surface area (Å²) in [5, 5.41) is 8.84. The average molecular weight is 238 g/mol. The average Bonchev–Trinajstić information content (AvgIpc) is 2.75. The molecule has 6 nitrogen and oxygen atoms in total. The predicted octanol–water partition coefficient (Wildman–Crippen LogP) is 0.799. The lowest BCUT2D eigenvalue weighted by Gasteiger charge is -2.29. The molecule has 1 aromatic rings. The molecule has 6 heteroatoms. The molecular weight excluding hydrogens is 224 g/mol. The van der Waals surface area contributed by atoms with Gasteiger partial charge in [0.2, 0.25) is 0 Å². The zero-order valence-corrected chi connectivity index (χ0v) is 9.26. The van der Waals surface area contributed by atoms with Gasteiger partial charge < -0.3 is 20.2 Å². The Bertz CT molecular complexity index is 432. The molecule has 0 radical (unpaired) electrons. The molecule has 2 heterocycles. The standard InChI is InChI=1S/C11H14N2O4/c12-9-2-1-8(17-9)10(14)13-5-3-7(4-6-13)11(15)16/h1-2,7H,3-6,12H2,(H,15,16). The number of carbonyl (C=O) groups excluding carboxylic acids is 1. The number of amides is 1. The number of aliphatic carboxylic acids is 1. The van der Waals surface area contributed by atoms with Crippen LogP contribution in [0.25, 0.3) is 0 Å². The maximum atomic E-state index is 11.9. The molecule has 92 valence electrons. The van der Waals surface area contributed by atoms with Gasteiger partial charge in [0, 0.05) is 19.2 Å². The number of nitrogen functional groups attached to an aromatic ring is 1. The maximum absolute atomic E-state index is 11.9. The smallest absolute Gasteiger partial charge is 0.306 e. The van der Waals surface area contributed by atoms with Gasteiger partial charge in [0.15, 0.2) is 11.6 Å². The number of nitrogens with two attached hydrogens (primary N) is 1. The molecule has 1 aliphatic rings. The van der Waals surface area contributed by atoms with Crippen molar-refractivity contribution in [3.05, 3.63) is 17.9 Å². The third kappa shape index (κ3) is 2.41. The highest BCUT2D eigenvalue weighted by atomic mass is 16.4. The Morgan fingerprint density at radius 1 is 1.35 bits per heavy atom. The normalized spacial score (nSPS) is 17.1. The number of piperidine rings is 1. The second-order valence-corrected chi connectivity index (χ2v) is 4.11. The van der Waals surface area contributed by atoms with Gasteiger partial charge in [0.1, 0.15) is 0 Å². The van der Waals surface area contributed by atoms with E-state index in [0.717, 1.165) is 0 Å². The first-order chi connectivity index (χ1) is 8.08. The Balaban J connectivity index is 1.97. The van der Waals surface area contributed by atoms with E-state index in [-0.39, 0.29) is 23.5 Å². The molecular formula is C11H14N2O4. The number of furan rings is 1. The SMILES string of the molecule is Nc1ccc(C(=O)N2CCC(C(=O)O)CC2)o1. The molecule has 17 heavy (non-hydrogen) atoms. The van der Waals surface area contributed by atoms with Gasteiger partial charge in [-0.05, 0) is 18.9 Å². The minimum Gasteiger partial charge on any atom is -0.481 e. The first-order valence-corrected chi connectivity index (χ1v) is 5.45. The molecule has 0 unspecified atom stereocenters. The molecule has 3 N–H and O–H groups in total. The Morgan fingerprint density at radius 2 is 2.00 bits per heavy atom. The number of anilines is 1. The van der Waals surface area contributed by atoms with E-state index in [0.29, 0.717) is 25.9 Å². The zero-order chi connectivity index (χ0) is 12.4. The Kier molecular flexibility index (Phi) is 3.03. The second-order valence-electron chi connectivity index (χ2n) is 4.11. The molecule has 1 aromatic heterocycles. The number of likely N-dealkylation sites (tertiary alicyclic amines) is 1. The second kappa shape index (κ2) is 4.48. The number of nitrogens with zero attached hydrogens (tertiary/aromatic N) is 1. The lowest BCUT2D eigenvalue weighted by molar-refractivity contribution is -0.143. The van der Waals surface area contributed by atoms with Crippen LogP contribution in [0, 0.1) is 5.92 Å². The van der Waals surface area contributed by atoms with Crippen LogP contribution in [0.3, 0.4) is 0 Å². The number of hydrogen-bond acceptors (Lipinski definition) is 4. The first kappa shape index (κ1) is 11.5. The predicted molar refractivity (Wildman–Crippen MR) is 59.4 cm³/mol. The van der Waals surface area contributed by atoms with Gasteiger partial charge in [0.05, 0.1) is 5.92 Å². The molecule has 1 aliphatic heterocycles. The van der Waals surface area contributed by atoms with Gasteiger partial charge in [-0.15, -0.1) is 0 Å². The maximum Gasteiger partial charge on any atom is 0.306 e. The number of rotatable bonds is 2. The number of carbonyl (C=O) groups is 2. The summed E-state index contributed by atoms with van der Waals surface area (Å²) in [6.07, 6.45) is 0.967. The van der Waals surface area contributed by atoms with Crippen molar-refractivity contribution in [2.24, 2.45) is 5.92 Å². The minimum atomic E-state index is -0.792.